The Kier molecular flexibility index (Phi) is 11.2. The first kappa shape index (κ1) is 28.2. The second-order valence-electron chi connectivity index (χ2n) is 8.56. The number of primary amides is 2. The number of unbranched alkanes of at least 4 members (excludes halogenated alkanes) is 3. The van der Waals surface area contributed by atoms with Crippen molar-refractivity contribution in [3.63, 3.8) is 0 Å². The van der Waals surface area contributed by atoms with Crippen LogP contribution in [0.3, 0.4) is 0 Å². The molecule has 0 spiro atoms. The first-order chi connectivity index (χ1) is 17.2. The van der Waals surface area contributed by atoms with E-state index >= 15 is 0 Å². The van der Waals surface area contributed by atoms with Crippen LogP contribution >= 0.6 is 0 Å². The second kappa shape index (κ2) is 14.3. The highest BCUT2D eigenvalue weighted by Crippen LogP contribution is 2.14. The molecule has 0 heterocycles. The number of amides is 4. The van der Waals surface area contributed by atoms with Crippen molar-refractivity contribution in [2.75, 3.05) is 13.1 Å². The van der Waals surface area contributed by atoms with Crippen molar-refractivity contribution in [3.05, 3.63) is 71.8 Å². The van der Waals surface area contributed by atoms with Gasteiger partial charge in [0.25, 0.3) is 0 Å². The first-order valence-electron chi connectivity index (χ1n) is 11.9. The van der Waals surface area contributed by atoms with Gasteiger partial charge in [0.1, 0.15) is 12.1 Å². The second-order valence-corrected chi connectivity index (χ2v) is 8.56. The molecule has 0 saturated heterocycles. The molecule has 0 bridgehead atoms. The van der Waals surface area contributed by atoms with Gasteiger partial charge >= 0.3 is 24.0 Å². The van der Waals surface area contributed by atoms with E-state index in [9.17, 15) is 29.4 Å². The van der Waals surface area contributed by atoms with Crippen LogP contribution in [0, 0.1) is 0 Å². The molecule has 2 atom stereocenters. The molecule has 2 rings (SSSR count). The number of carboxylic acids is 2. The molecular weight excluding hydrogens is 464 g/mol. The molecule has 2 aromatic carbocycles. The molecule has 0 unspecified atom stereocenters. The quantitative estimate of drug-likeness (QED) is 0.275. The number of aliphatic carboxylic acids is 2. The largest absolute Gasteiger partial charge is 0.480 e. The molecule has 0 aliphatic rings. The average Bonchev–Trinajstić information content (AvgIpc) is 2.84. The molecule has 2 aromatic rings. The van der Waals surface area contributed by atoms with Crippen molar-refractivity contribution in [2.45, 2.75) is 50.6 Å². The number of nitrogens with zero attached hydrogens (tertiary/aromatic N) is 2. The van der Waals surface area contributed by atoms with Gasteiger partial charge in [-0.05, 0) is 24.0 Å². The molecule has 4 amide bonds. The minimum Gasteiger partial charge on any atom is -0.480 e. The molecule has 0 aromatic heterocycles. The Morgan fingerprint density at radius 3 is 1.22 bits per heavy atom. The fourth-order valence-corrected chi connectivity index (χ4v) is 4.09. The van der Waals surface area contributed by atoms with E-state index in [1.165, 1.54) is 0 Å². The highest BCUT2D eigenvalue weighted by molar-refractivity contribution is 5.82. The highest BCUT2D eigenvalue weighted by atomic mass is 16.4. The summed E-state index contributed by atoms with van der Waals surface area (Å²) in [5.74, 6) is -2.26. The lowest BCUT2D eigenvalue weighted by Crippen LogP contribution is -2.49. The molecule has 0 aliphatic carbocycles. The molecule has 0 fully saturated rings. The van der Waals surface area contributed by atoms with Gasteiger partial charge < -0.3 is 31.5 Å². The topological polar surface area (TPSA) is 167 Å². The molecule has 6 N–H and O–H groups in total. The van der Waals surface area contributed by atoms with Gasteiger partial charge in [0.2, 0.25) is 0 Å². The smallest absolute Gasteiger partial charge is 0.326 e. The number of benzene rings is 2. The van der Waals surface area contributed by atoms with Gasteiger partial charge in [0.05, 0.1) is 0 Å². The summed E-state index contributed by atoms with van der Waals surface area (Å²) in [5.41, 5.74) is 12.5. The van der Waals surface area contributed by atoms with Crippen LogP contribution < -0.4 is 11.5 Å². The number of hydrogen-bond donors (Lipinski definition) is 4. The van der Waals surface area contributed by atoms with Crippen LogP contribution in [0.1, 0.15) is 36.8 Å². The van der Waals surface area contributed by atoms with Gasteiger partial charge in [-0.25, -0.2) is 19.2 Å². The lowest BCUT2D eigenvalue weighted by Gasteiger charge is -2.28. The Bertz CT molecular complexity index is 921. The minimum atomic E-state index is -1.13. The van der Waals surface area contributed by atoms with Crippen LogP contribution in [0.25, 0.3) is 0 Å². The van der Waals surface area contributed by atoms with Crippen LogP contribution in [0.15, 0.2) is 60.7 Å². The van der Waals surface area contributed by atoms with Crippen molar-refractivity contribution in [1.82, 2.24) is 9.80 Å². The predicted octanol–water partition coefficient (Wildman–Crippen LogP) is 2.70. The van der Waals surface area contributed by atoms with E-state index in [2.05, 4.69) is 0 Å². The number of nitrogens with two attached hydrogens (primary N) is 2. The standard InChI is InChI=1S/C26H34N4O6/c27-25(35)29(21(23(31)32)17-19-11-5-3-6-12-19)15-9-1-2-10-16-30(26(28)36)22(24(33)34)18-20-13-7-4-8-14-20/h3-8,11-14,21-22H,1-2,9-10,15-18H2,(H2,27,35)(H2,28,36)(H,31,32)(H,33,34)/t21-,22-/m0/s1. The molecule has 0 aliphatic heterocycles. The Balaban J connectivity index is 1.88. The molecule has 36 heavy (non-hydrogen) atoms. The lowest BCUT2D eigenvalue weighted by molar-refractivity contribution is -0.143. The maximum atomic E-state index is 12.0. The van der Waals surface area contributed by atoms with Crippen LogP contribution in [-0.4, -0.2) is 69.2 Å². The number of carbonyl (C=O) groups excluding carboxylic acids is 2. The summed E-state index contributed by atoms with van der Waals surface area (Å²) in [5, 5.41) is 19.3. The molecule has 10 heteroatoms. The summed E-state index contributed by atoms with van der Waals surface area (Å²) >= 11 is 0. The fourth-order valence-electron chi connectivity index (χ4n) is 4.09. The first-order valence-corrected chi connectivity index (χ1v) is 11.9. The van der Waals surface area contributed by atoms with Crippen molar-refractivity contribution < 1.29 is 29.4 Å². The molecule has 10 nitrogen and oxygen atoms in total. The van der Waals surface area contributed by atoms with Gasteiger partial charge in [-0.3, -0.25) is 0 Å². The normalized spacial score (nSPS) is 12.3. The third-order valence-electron chi connectivity index (χ3n) is 5.98. The van der Waals surface area contributed by atoms with Crippen LogP contribution in [0.2, 0.25) is 0 Å². The minimum absolute atomic E-state index is 0.144. The number of carboxylic acid groups (broad SMARTS) is 2. The Morgan fingerprint density at radius 1 is 0.611 bits per heavy atom. The number of carbonyl (C=O) groups is 4. The summed E-state index contributed by atoms with van der Waals surface area (Å²) < 4.78 is 0. The zero-order chi connectivity index (χ0) is 26.5. The monoisotopic (exact) mass is 498 g/mol. The summed E-state index contributed by atoms with van der Waals surface area (Å²) in [6.45, 7) is 0.342. The molecular formula is C26H34N4O6. The maximum Gasteiger partial charge on any atom is 0.326 e. The fraction of sp³-hybridized carbons (Fsp3) is 0.385. The SMILES string of the molecule is NC(=O)N(CCCCCCN(C(N)=O)[C@@H](Cc1ccccc1)C(=O)O)[C@@H](Cc1ccccc1)C(=O)O. The zero-order valence-electron chi connectivity index (χ0n) is 20.2. The zero-order valence-corrected chi connectivity index (χ0v) is 20.2. The van der Waals surface area contributed by atoms with E-state index in [-0.39, 0.29) is 25.9 Å². The maximum absolute atomic E-state index is 12.0. The van der Waals surface area contributed by atoms with Gasteiger partial charge in [0.15, 0.2) is 0 Å². The number of rotatable bonds is 15. The Hall–Kier alpha value is -4.08. The van der Waals surface area contributed by atoms with E-state index < -0.39 is 36.1 Å². The average molecular weight is 499 g/mol. The molecule has 0 radical (unpaired) electrons. The molecule has 0 saturated carbocycles. The summed E-state index contributed by atoms with van der Waals surface area (Å²) in [7, 11) is 0. The molecule has 194 valence electrons. The third-order valence-corrected chi connectivity index (χ3v) is 5.98. The summed E-state index contributed by atoms with van der Waals surface area (Å²) in [6, 6.07) is 14.3. The van der Waals surface area contributed by atoms with Crippen molar-refractivity contribution in [1.29, 1.82) is 0 Å². The van der Waals surface area contributed by atoms with Crippen molar-refractivity contribution in [3.8, 4) is 0 Å². The van der Waals surface area contributed by atoms with Crippen LogP contribution in [0.4, 0.5) is 9.59 Å². The van der Waals surface area contributed by atoms with E-state index in [0.29, 0.717) is 25.7 Å². The predicted molar refractivity (Wildman–Crippen MR) is 134 cm³/mol. The van der Waals surface area contributed by atoms with Crippen LogP contribution in [-0.2, 0) is 22.4 Å². The Morgan fingerprint density at radius 2 is 0.944 bits per heavy atom. The van der Waals surface area contributed by atoms with Gasteiger partial charge in [0, 0.05) is 25.9 Å². The van der Waals surface area contributed by atoms with E-state index in [1.54, 1.807) is 48.5 Å². The van der Waals surface area contributed by atoms with Crippen molar-refractivity contribution >= 4 is 24.0 Å². The summed E-state index contributed by atoms with van der Waals surface area (Å²) in [4.78, 5) is 49.9. The summed E-state index contributed by atoms with van der Waals surface area (Å²) in [6.07, 6.45) is 2.55. The number of urea groups is 2. The lowest BCUT2D eigenvalue weighted by atomic mass is 10.0. The van der Waals surface area contributed by atoms with Crippen LogP contribution in [0.5, 0.6) is 0 Å². The van der Waals surface area contributed by atoms with Gasteiger partial charge in [-0.2, -0.15) is 0 Å². The van der Waals surface area contributed by atoms with Gasteiger partial charge in [-0.15, -0.1) is 0 Å². The van der Waals surface area contributed by atoms with E-state index in [0.717, 1.165) is 20.9 Å². The van der Waals surface area contributed by atoms with E-state index in [4.69, 9.17) is 11.5 Å². The Labute approximate surface area is 210 Å². The number of hydrogen-bond acceptors (Lipinski definition) is 4. The van der Waals surface area contributed by atoms with Crippen molar-refractivity contribution in [2.24, 2.45) is 11.5 Å². The van der Waals surface area contributed by atoms with E-state index in [1.807, 2.05) is 12.1 Å². The third kappa shape index (κ3) is 8.94. The highest BCUT2D eigenvalue weighted by Gasteiger charge is 2.29. The van der Waals surface area contributed by atoms with Gasteiger partial charge in [-0.1, -0.05) is 73.5 Å².